The van der Waals surface area contributed by atoms with Gasteiger partial charge in [0.2, 0.25) is 0 Å². The lowest BCUT2D eigenvalue weighted by molar-refractivity contribution is -0.0262. The standard InChI is InChI=1S/C18H28N2O/c1-15-13-19(14-17-9-7-6-8-10-17)11-12-20(15)16(2)21-18(3,4)5/h6-10,15H,2,11-14H2,1,3-5H3/t15-/m1/s1. The van der Waals surface area contributed by atoms with Crippen molar-refractivity contribution in [2.45, 2.75) is 45.9 Å². The zero-order chi connectivity index (χ0) is 15.5. The van der Waals surface area contributed by atoms with Crippen molar-refractivity contribution in [3.8, 4) is 0 Å². The maximum atomic E-state index is 5.91. The van der Waals surface area contributed by atoms with Crippen LogP contribution < -0.4 is 0 Å². The molecule has 0 amide bonds. The molecule has 0 aliphatic carbocycles. The van der Waals surface area contributed by atoms with E-state index >= 15 is 0 Å². The summed E-state index contributed by atoms with van der Waals surface area (Å²) in [7, 11) is 0. The van der Waals surface area contributed by atoms with Crippen LogP contribution in [0.5, 0.6) is 0 Å². The summed E-state index contributed by atoms with van der Waals surface area (Å²) in [5.41, 5.74) is 1.20. The zero-order valence-electron chi connectivity index (χ0n) is 13.8. The Bertz CT molecular complexity index is 464. The van der Waals surface area contributed by atoms with Crippen LogP contribution in [0.4, 0.5) is 0 Å². The van der Waals surface area contributed by atoms with Gasteiger partial charge in [-0.3, -0.25) is 4.90 Å². The first kappa shape index (κ1) is 15.9. The molecule has 0 saturated carbocycles. The molecule has 3 nitrogen and oxygen atoms in total. The Morgan fingerprint density at radius 3 is 2.48 bits per heavy atom. The van der Waals surface area contributed by atoms with Crippen molar-refractivity contribution in [1.29, 1.82) is 0 Å². The molecule has 1 heterocycles. The van der Waals surface area contributed by atoms with Crippen molar-refractivity contribution in [3.63, 3.8) is 0 Å². The van der Waals surface area contributed by atoms with E-state index in [1.165, 1.54) is 5.56 Å². The molecule has 21 heavy (non-hydrogen) atoms. The first-order valence-corrected chi connectivity index (χ1v) is 7.76. The SMILES string of the molecule is C=C(OC(C)(C)C)N1CCN(Cc2ccccc2)C[C@H]1C. The monoisotopic (exact) mass is 288 g/mol. The Morgan fingerprint density at radius 1 is 1.24 bits per heavy atom. The third-order valence-corrected chi connectivity index (χ3v) is 3.70. The summed E-state index contributed by atoms with van der Waals surface area (Å²) in [6.45, 7) is 16.6. The minimum absolute atomic E-state index is 0.183. The maximum Gasteiger partial charge on any atom is 0.182 e. The van der Waals surface area contributed by atoms with Gasteiger partial charge in [-0.15, -0.1) is 0 Å². The predicted molar refractivity (Wildman–Crippen MR) is 87.9 cm³/mol. The van der Waals surface area contributed by atoms with Crippen LogP contribution in [-0.4, -0.2) is 41.1 Å². The smallest absolute Gasteiger partial charge is 0.182 e. The van der Waals surface area contributed by atoms with Crippen molar-refractivity contribution < 1.29 is 4.74 Å². The Hall–Kier alpha value is -1.48. The second-order valence-corrected chi connectivity index (χ2v) is 6.87. The lowest BCUT2D eigenvalue weighted by Gasteiger charge is -2.42. The summed E-state index contributed by atoms with van der Waals surface area (Å²) in [4.78, 5) is 4.79. The van der Waals surface area contributed by atoms with E-state index in [0.717, 1.165) is 32.1 Å². The van der Waals surface area contributed by atoms with Crippen LogP contribution in [-0.2, 0) is 11.3 Å². The van der Waals surface area contributed by atoms with Crippen molar-refractivity contribution >= 4 is 0 Å². The molecule has 116 valence electrons. The van der Waals surface area contributed by atoms with E-state index < -0.39 is 0 Å². The van der Waals surface area contributed by atoms with Gasteiger partial charge in [0, 0.05) is 32.2 Å². The first-order chi connectivity index (χ1) is 9.85. The molecule has 1 atom stereocenters. The molecule has 2 rings (SSSR count). The van der Waals surface area contributed by atoms with Gasteiger partial charge in [-0.2, -0.15) is 0 Å². The van der Waals surface area contributed by atoms with Gasteiger partial charge in [-0.05, 0) is 39.8 Å². The van der Waals surface area contributed by atoms with Gasteiger partial charge < -0.3 is 9.64 Å². The molecule has 1 aliphatic heterocycles. The molecule has 1 aromatic carbocycles. The van der Waals surface area contributed by atoms with E-state index in [9.17, 15) is 0 Å². The molecule has 0 spiro atoms. The molecule has 0 aromatic heterocycles. The highest BCUT2D eigenvalue weighted by atomic mass is 16.5. The topological polar surface area (TPSA) is 15.7 Å². The molecule has 1 fully saturated rings. The van der Waals surface area contributed by atoms with Gasteiger partial charge in [0.15, 0.2) is 5.88 Å². The number of hydrogen-bond donors (Lipinski definition) is 0. The zero-order valence-corrected chi connectivity index (χ0v) is 13.8. The number of nitrogens with zero attached hydrogens (tertiary/aromatic N) is 2. The number of ether oxygens (including phenoxy) is 1. The molecule has 0 bridgehead atoms. The molecule has 0 N–H and O–H groups in total. The third kappa shape index (κ3) is 4.78. The summed E-state index contributed by atoms with van der Waals surface area (Å²) in [6, 6.07) is 11.1. The fourth-order valence-electron chi connectivity index (χ4n) is 2.80. The van der Waals surface area contributed by atoms with Gasteiger partial charge in [0.1, 0.15) is 5.60 Å². The highest BCUT2D eigenvalue weighted by Crippen LogP contribution is 2.21. The van der Waals surface area contributed by atoms with E-state index in [0.29, 0.717) is 6.04 Å². The van der Waals surface area contributed by atoms with Gasteiger partial charge >= 0.3 is 0 Å². The quantitative estimate of drug-likeness (QED) is 0.789. The second kappa shape index (κ2) is 6.52. The van der Waals surface area contributed by atoms with E-state index in [-0.39, 0.29) is 5.60 Å². The molecular weight excluding hydrogens is 260 g/mol. The van der Waals surface area contributed by atoms with Gasteiger partial charge in [0.05, 0.1) is 0 Å². The Morgan fingerprint density at radius 2 is 1.90 bits per heavy atom. The summed E-state index contributed by atoms with van der Waals surface area (Å²) >= 11 is 0. The van der Waals surface area contributed by atoms with Crippen molar-refractivity contribution in [3.05, 3.63) is 48.4 Å². The Kier molecular flexibility index (Phi) is 4.94. The minimum Gasteiger partial charge on any atom is -0.474 e. The number of rotatable bonds is 4. The van der Waals surface area contributed by atoms with E-state index in [4.69, 9.17) is 4.74 Å². The highest BCUT2D eigenvalue weighted by Gasteiger charge is 2.27. The summed E-state index contributed by atoms with van der Waals surface area (Å²) < 4.78 is 5.91. The number of hydrogen-bond acceptors (Lipinski definition) is 3. The second-order valence-electron chi connectivity index (χ2n) is 6.87. The molecule has 0 radical (unpaired) electrons. The predicted octanol–water partition coefficient (Wildman–Crippen LogP) is 3.48. The van der Waals surface area contributed by atoms with Crippen LogP contribution in [0.2, 0.25) is 0 Å². The van der Waals surface area contributed by atoms with Crippen molar-refractivity contribution in [1.82, 2.24) is 9.80 Å². The fourth-order valence-corrected chi connectivity index (χ4v) is 2.80. The molecule has 3 heteroatoms. The summed E-state index contributed by atoms with van der Waals surface area (Å²) in [6.07, 6.45) is 0. The Balaban J connectivity index is 1.89. The minimum atomic E-state index is -0.183. The average Bonchev–Trinajstić information content (AvgIpc) is 2.37. The van der Waals surface area contributed by atoms with Crippen LogP contribution >= 0.6 is 0 Å². The van der Waals surface area contributed by atoms with E-state index in [2.05, 4.69) is 74.4 Å². The van der Waals surface area contributed by atoms with Crippen LogP contribution in [0.15, 0.2) is 42.8 Å². The average molecular weight is 288 g/mol. The van der Waals surface area contributed by atoms with Crippen LogP contribution in [0, 0.1) is 0 Å². The summed E-state index contributed by atoms with van der Waals surface area (Å²) in [5.74, 6) is 0.800. The van der Waals surface area contributed by atoms with Gasteiger partial charge in [-0.25, -0.2) is 0 Å². The van der Waals surface area contributed by atoms with Gasteiger partial charge in [-0.1, -0.05) is 30.3 Å². The van der Waals surface area contributed by atoms with E-state index in [1.54, 1.807) is 0 Å². The van der Waals surface area contributed by atoms with Gasteiger partial charge in [0.25, 0.3) is 0 Å². The lowest BCUT2D eigenvalue weighted by atomic mass is 10.1. The van der Waals surface area contributed by atoms with Crippen LogP contribution in [0.3, 0.4) is 0 Å². The maximum absolute atomic E-state index is 5.91. The first-order valence-electron chi connectivity index (χ1n) is 7.76. The van der Waals surface area contributed by atoms with Crippen LogP contribution in [0.25, 0.3) is 0 Å². The van der Waals surface area contributed by atoms with Crippen molar-refractivity contribution in [2.24, 2.45) is 0 Å². The normalized spacial score (nSPS) is 20.4. The highest BCUT2D eigenvalue weighted by molar-refractivity contribution is 5.14. The molecule has 1 saturated heterocycles. The van der Waals surface area contributed by atoms with E-state index in [1.807, 2.05) is 0 Å². The molecule has 0 unspecified atom stereocenters. The summed E-state index contributed by atoms with van der Waals surface area (Å²) in [5, 5.41) is 0. The van der Waals surface area contributed by atoms with Crippen LogP contribution in [0.1, 0.15) is 33.3 Å². The molecule has 1 aromatic rings. The largest absolute Gasteiger partial charge is 0.474 e. The number of benzene rings is 1. The Labute approximate surface area is 129 Å². The molecular formula is C18H28N2O. The fraction of sp³-hybridized carbons (Fsp3) is 0.556. The lowest BCUT2D eigenvalue weighted by Crippen LogP contribution is -2.51. The third-order valence-electron chi connectivity index (χ3n) is 3.70. The van der Waals surface area contributed by atoms with Crippen molar-refractivity contribution in [2.75, 3.05) is 19.6 Å². The molecule has 1 aliphatic rings. The number of piperazine rings is 1.